The second kappa shape index (κ2) is 8.32. The standard InChI is InChI=1S/C20H21ClFNO3/c1-11(2)15-7-5-6-12(3)18(15)23-19(24)13(4)26-20(25)16-9-8-14(21)10-17(16)22/h5-11,13H,1-4H3,(H,23,24)/t13-/m0/s1. The van der Waals surface area contributed by atoms with Gasteiger partial charge in [-0.2, -0.15) is 0 Å². The molecule has 2 rings (SSSR count). The molecule has 0 aliphatic heterocycles. The molecule has 1 atom stereocenters. The van der Waals surface area contributed by atoms with Gasteiger partial charge in [0.05, 0.1) is 5.56 Å². The largest absolute Gasteiger partial charge is 0.449 e. The van der Waals surface area contributed by atoms with Gasteiger partial charge in [0.25, 0.3) is 5.91 Å². The van der Waals surface area contributed by atoms with Gasteiger partial charge in [-0.05, 0) is 49.1 Å². The van der Waals surface area contributed by atoms with E-state index in [-0.39, 0.29) is 16.5 Å². The molecule has 0 aliphatic rings. The Labute approximate surface area is 157 Å². The highest BCUT2D eigenvalue weighted by atomic mass is 35.5. The number of nitrogens with one attached hydrogen (secondary N) is 1. The molecule has 1 amide bonds. The fourth-order valence-electron chi connectivity index (χ4n) is 2.50. The number of hydrogen-bond acceptors (Lipinski definition) is 3. The van der Waals surface area contributed by atoms with E-state index in [4.69, 9.17) is 16.3 Å². The van der Waals surface area contributed by atoms with Crippen LogP contribution in [0.5, 0.6) is 0 Å². The number of esters is 1. The molecule has 0 saturated carbocycles. The second-order valence-corrected chi connectivity index (χ2v) is 6.79. The van der Waals surface area contributed by atoms with E-state index < -0.39 is 23.8 Å². The summed E-state index contributed by atoms with van der Waals surface area (Å²) in [4.78, 5) is 24.5. The average molecular weight is 378 g/mol. The lowest BCUT2D eigenvalue weighted by Crippen LogP contribution is -2.31. The molecule has 138 valence electrons. The first-order chi connectivity index (χ1) is 12.2. The van der Waals surface area contributed by atoms with Gasteiger partial charge in [0.15, 0.2) is 6.10 Å². The topological polar surface area (TPSA) is 55.4 Å². The summed E-state index contributed by atoms with van der Waals surface area (Å²) in [6.45, 7) is 7.38. The van der Waals surface area contributed by atoms with Crippen LogP contribution in [-0.4, -0.2) is 18.0 Å². The fourth-order valence-corrected chi connectivity index (χ4v) is 2.66. The number of hydrogen-bond donors (Lipinski definition) is 1. The minimum absolute atomic E-state index is 0.172. The third kappa shape index (κ3) is 4.61. The highest BCUT2D eigenvalue weighted by Crippen LogP contribution is 2.27. The molecule has 0 aliphatic carbocycles. The van der Waals surface area contributed by atoms with Gasteiger partial charge in [-0.15, -0.1) is 0 Å². The lowest BCUT2D eigenvalue weighted by molar-refractivity contribution is -0.123. The number of carbonyl (C=O) groups excluding carboxylic acids is 2. The van der Waals surface area contributed by atoms with Crippen LogP contribution in [0.15, 0.2) is 36.4 Å². The number of ether oxygens (including phenoxy) is 1. The van der Waals surface area contributed by atoms with Gasteiger partial charge in [-0.25, -0.2) is 9.18 Å². The molecule has 0 unspecified atom stereocenters. The molecular weight excluding hydrogens is 357 g/mol. The molecule has 0 radical (unpaired) electrons. The van der Waals surface area contributed by atoms with E-state index in [0.717, 1.165) is 17.2 Å². The molecule has 2 aromatic rings. The van der Waals surface area contributed by atoms with Crippen LogP contribution in [0, 0.1) is 12.7 Å². The van der Waals surface area contributed by atoms with Crippen LogP contribution in [0.4, 0.5) is 10.1 Å². The van der Waals surface area contributed by atoms with E-state index in [1.54, 1.807) is 0 Å². The number of carbonyl (C=O) groups is 2. The maximum atomic E-state index is 13.8. The number of halogens is 2. The SMILES string of the molecule is Cc1cccc(C(C)C)c1NC(=O)[C@H](C)OC(=O)c1ccc(Cl)cc1F. The molecular formula is C20H21ClFNO3. The van der Waals surface area contributed by atoms with Crippen LogP contribution in [0.3, 0.4) is 0 Å². The van der Waals surface area contributed by atoms with E-state index >= 15 is 0 Å². The highest BCUT2D eigenvalue weighted by Gasteiger charge is 2.22. The average Bonchev–Trinajstić information content (AvgIpc) is 2.56. The van der Waals surface area contributed by atoms with Crippen molar-refractivity contribution in [2.75, 3.05) is 5.32 Å². The molecule has 4 nitrogen and oxygen atoms in total. The zero-order chi connectivity index (χ0) is 19.4. The fraction of sp³-hybridized carbons (Fsp3) is 0.300. The van der Waals surface area contributed by atoms with E-state index in [9.17, 15) is 14.0 Å². The first-order valence-electron chi connectivity index (χ1n) is 8.27. The van der Waals surface area contributed by atoms with Gasteiger partial charge >= 0.3 is 5.97 Å². The lowest BCUT2D eigenvalue weighted by atomic mass is 9.98. The molecule has 1 N–H and O–H groups in total. The Morgan fingerprint density at radius 3 is 2.46 bits per heavy atom. The number of para-hydroxylation sites is 1. The lowest BCUT2D eigenvalue weighted by Gasteiger charge is -2.19. The van der Waals surface area contributed by atoms with Crippen molar-refractivity contribution in [1.29, 1.82) is 0 Å². The summed E-state index contributed by atoms with van der Waals surface area (Å²) in [5.74, 6) is -1.98. The van der Waals surface area contributed by atoms with Crippen molar-refractivity contribution in [2.45, 2.75) is 39.7 Å². The molecule has 0 bridgehead atoms. The van der Waals surface area contributed by atoms with Crippen LogP contribution >= 0.6 is 11.6 Å². The Kier molecular flexibility index (Phi) is 6.37. The smallest absolute Gasteiger partial charge is 0.341 e. The highest BCUT2D eigenvalue weighted by molar-refractivity contribution is 6.30. The van der Waals surface area contributed by atoms with Gasteiger partial charge in [0.2, 0.25) is 0 Å². The zero-order valence-corrected chi connectivity index (χ0v) is 15.9. The summed E-state index contributed by atoms with van der Waals surface area (Å²) >= 11 is 5.67. The summed E-state index contributed by atoms with van der Waals surface area (Å²) in [6, 6.07) is 9.38. The molecule has 0 saturated heterocycles. The van der Waals surface area contributed by atoms with E-state index in [2.05, 4.69) is 5.32 Å². The number of aryl methyl sites for hydroxylation is 1. The van der Waals surface area contributed by atoms with Crippen molar-refractivity contribution >= 4 is 29.2 Å². The molecule has 26 heavy (non-hydrogen) atoms. The van der Waals surface area contributed by atoms with E-state index in [1.165, 1.54) is 19.1 Å². The first-order valence-corrected chi connectivity index (χ1v) is 8.65. The molecule has 2 aromatic carbocycles. The van der Waals surface area contributed by atoms with E-state index in [0.29, 0.717) is 5.69 Å². The number of rotatable bonds is 5. The predicted molar refractivity (Wildman–Crippen MR) is 100 cm³/mol. The Balaban J connectivity index is 2.12. The van der Waals surface area contributed by atoms with Crippen molar-refractivity contribution in [3.8, 4) is 0 Å². The van der Waals surface area contributed by atoms with Crippen LogP contribution in [0.2, 0.25) is 5.02 Å². The predicted octanol–water partition coefficient (Wildman–Crippen LogP) is 5.09. The summed E-state index contributed by atoms with van der Waals surface area (Å²) in [5.41, 5.74) is 2.33. The maximum Gasteiger partial charge on any atom is 0.341 e. The summed E-state index contributed by atoms with van der Waals surface area (Å²) in [5, 5.41) is 2.98. The zero-order valence-electron chi connectivity index (χ0n) is 15.1. The molecule has 0 heterocycles. The Bertz CT molecular complexity index is 836. The Morgan fingerprint density at radius 1 is 1.15 bits per heavy atom. The minimum Gasteiger partial charge on any atom is -0.449 e. The van der Waals surface area contributed by atoms with Gasteiger partial charge in [-0.1, -0.05) is 43.6 Å². The molecule has 0 spiro atoms. The number of amides is 1. The van der Waals surface area contributed by atoms with Gasteiger partial charge in [0, 0.05) is 10.7 Å². The second-order valence-electron chi connectivity index (χ2n) is 6.35. The van der Waals surface area contributed by atoms with Gasteiger partial charge in [-0.3, -0.25) is 4.79 Å². The first kappa shape index (κ1) is 19.9. The molecule has 0 aromatic heterocycles. The summed E-state index contributed by atoms with van der Waals surface area (Å²) in [7, 11) is 0. The summed E-state index contributed by atoms with van der Waals surface area (Å²) < 4.78 is 18.9. The van der Waals surface area contributed by atoms with Crippen LogP contribution < -0.4 is 5.32 Å². The molecule has 6 heteroatoms. The Hall–Kier alpha value is -2.40. The van der Waals surface area contributed by atoms with Gasteiger partial charge in [0.1, 0.15) is 5.82 Å². The number of benzene rings is 2. The quantitative estimate of drug-likeness (QED) is 0.738. The van der Waals surface area contributed by atoms with Crippen molar-refractivity contribution in [2.24, 2.45) is 0 Å². The number of anilines is 1. The Morgan fingerprint density at radius 2 is 1.85 bits per heavy atom. The van der Waals surface area contributed by atoms with Crippen LogP contribution in [0.25, 0.3) is 0 Å². The summed E-state index contributed by atoms with van der Waals surface area (Å²) in [6.07, 6.45) is -1.09. The maximum absolute atomic E-state index is 13.8. The third-order valence-electron chi connectivity index (χ3n) is 3.98. The van der Waals surface area contributed by atoms with Crippen molar-refractivity contribution in [3.05, 3.63) is 63.9 Å². The van der Waals surface area contributed by atoms with Crippen molar-refractivity contribution in [1.82, 2.24) is 0 Å². The third-order valence-corrected chi connectivity index (χ3v) is 4.21. The van der Waals surface area contributed by atoms with Crippen LogP contribution in [-0.2, 0) is 9.53 Å². The van der Waals surface area contributed by atoms with E-state index in [1.807, 2.05) is 39.0 Å². The van der Waals surface area contributed by atoms with Crippen molar-refractivity contribution in [3.63, 3.8) is 0 Å². The normalized spacial score (nSPS) is 12.0. The molecule has 0 fully saturated rings. The van der Waals surface area contributed by atoms with Crippen molar-refractivity contribution < 1.29 is 18.7 Å². The minimum atomic E-state index is -1.09. The van der Waals surface area contributed by atoms with Gasteiger partial charge < -0.3 is 10.1 Å². The van der Waals surface area contributed by atoms with Crippen LogP contribution in [0.1, 0.15) is 48.2 Å². The monoisotopic (exact) mass is 377 g/mol.